The van der Waals surface area contributed by atoms with E-state index in [1.807, 2.05) is 31.2 Å². The Hall–Kier alpha value is -2.82. The molecule has 2 amide bonds. The number of primary amides is 1. The first-order valence-electron chi connectivity index (χ1n) is 7.35. The third kappa shape index (κ3) is 4.85. The molecular weight excluding hydrogens is 292 g/mol. The maximum absolute atomic E-state index is 12.1. The minimum absolute atomic E-state index is 0.204. The molecule has 5 heteroatoms. The second kappa shape index (κ2) is 7.45. The van der Waals surface area contributed by atoms with Crippen LogP contribution in [0.15, 0.2) is 48.5 Å². The summed E-state index contributed by atoms with van der Waals surface area (Å²) in [7, 11) is 0. The van der Waals surface area contributed by atoms with Gasteiger partial charge < -0.3 is 15.8 Å². The Morgan fingerprint density at radius 2 is 1.70 bits per heavy atom. The Morgan fingerprint density at radius 3 is 2.26 bits per heavy atom. The normalized spacial score (nSPS) is 11.6. The van der Waals surface area contributed by atoms with Crippen molar-refractivity contribution in [2.75, 3.05) is 0 Å². The van der Waals surface area contributed by atoms with E-state index in [2.05, 4.69) is 5.32 Å². The Kier molecular flexibility index (Phi) is 5.36. The summed E-state index contributed by atoms with van der Waals surface area (Å²) >= 11 is 0. The number of nitrogens with two attached hydrogens (primary N) is 1. The van der Waals surface area contributed by atoms with Gasteiger partial charge in [-0.3, -0.25) is 9.59 Å². The molecule has 0 spiro atoms. The smallest absolute Gasteiger partial charge is 0.261 e. The maximum atomic E-state index is 12.1. The van der Waals surface area contributed by atoms with Crippen molar-refractivity contribution in [2.24, 2.45) is 5.73 Å². The van der Waals surface area contributed by atoms with Gasteiger partial charge in [-0.25, -0.2) is 0 Å². The minimum atomic E-state index is -0.595. The predicted molar refractivity (Wildman–Crippen MR) is 88.1 cm³/mol. The van der Waals surface area contributed by atoms with Gasteiger partial charge in [0.15, 0.2) is 6.10 Å². The van der Waals surface area contributed by atoms with Gasteiger partial charge in [0.2, 0.25) is 5.91 Å². The molecule has 0 aliphatic carbocycles. The number of benzene rings is 2. The average molecular weight is 312 g/mol. The monoisotopic (exact) mass is 312 g/mol. The van der Waals surface area contributed by atoms with Crippen molar-refractivity contribution in [1.82, 2.24) is 5.32 Å². The van der Waals surface area contributed by atoms with Crippen LogP contribution in [-0.2, 0) is 11.3 Å². The Morgan fingerprint density at radius 1 is 1.09 bits per heavy atom. The van der Waals surface area contributed by atoms with Gasteiger partial charge in [-0.15, -0.1) is 0 Å². The van der Waals surface area contributed by atoms with Gasteiger partial charge in [-0.1, -0.05) is 29.8 Å². The van der Waals surface area contributed by atoms with Crippen molar-refractivity contribution in [2.45, 2.75) is 26.5 Å². The lowest BCUT2D eigenvalue weighted by molar-refractivity contribution is -0.127. The quantitative estimate of drug-likeness (QED) is 0.857. The summed E-state index contributed by atoms with van der Waals surface area (Å²) < 4.78 is 5.60. The van der Waals surface area contributed by atoms with E-state index in [0.717, 1.165) is 11.1 Å². The van der Waals surface area contributed by atoms with Gasteiger partial charge in [-0.05, 0) is 43.7 Å². The minimum Gasteiger partial charge on any atom is -0.481 e. The van der Waals surface area contributed by atoms with E-state index in [1.54, 1.807) is 31.2 Å². The molecule has 3 N–H and O–H groups in total. The zero-order valence-electron chi connectivity index (χ0n) is 13.2. The average Bonchev–Trinajstić information content (AvgIpc) is 2.55. The van der Waals surface area contributed by atoms with Gasteiger partial charge in [0.05, 0.1) is 0 Å². The molecule has 0 fully saturated rings. The first-order valence-corrected chi connectivity index (χ1v) is 7.35. The van der Waals surface area contributed by atoms with Crippen LogP contribution in [0, 0.1) is 6.92 Å². The summed E-state index contributed by atoms with van der Waals surface area (Å²) in [4.78, 5) is 23.1. The molecule has 23 heavy (non-hydrogen) atoms. The highest BCUT2D eigenvalue weighted by molar-refractivity contribution is 5.92. The van der Waals surface area contributed by atoms with E-state index in [9.17, 15) is 9.59 Å². The summed E-state index contributed by atoms with van der Waals surface area (Å²) in [5.41, 5.74) is 7.64. The predicted octanol–water partition coefficient (Wildman–Crippen LogP) is 2.18. The van der Waals surface area contributed by atoms with Crippen LogP contribution in [0.25, 0.3) is 0 Å². The number of ether oxygens (including phenoxy) is 1. The van der Waals surface area contributed by atoms with E-state index in [4.69, 9.17) is 10.5 Å². The highest BCUT2D eigenvalue weighted by Crippen LogP contribution is 2.13. The molecule has 0 aliphatic rings. The number of aryl methyl sites for hydroxylation is 1. The molecule has 2 aromatic carbocycles. The molecule has 1 unspecified atom stereocenters. The van der Waals surface area contributed by atoms with Gasteiger partial charge in [0.1, 0.15) is 5.75 Å². The van der Waals surface area contributed by atoms with E-state index < -0.39 is 12.0 Å². The van der Waals surface area contributed by atoms with Gasteiger partial charge in [0, 0.05) is 12.1 Å². The summed E-state index contributed by atoms with van der Waals surface area (Å²) in [5, 5.41) is 2.80. The zero-order valence-corrected chi connectivity index (χ0v) is 13.2. The van der Waals surface area contributed by atoms with Gasteiger partial charge in [-0.2, -0.15) is 0 Å². The van der Waals surface area contributed by atoms with Crippen molar-refractivity contribution in [1.29, 1.82) is 0 Å². The second-order valence-corrected chi connectivity index (χ2v) is 5.35. The van der Waals surface area contributed by atoms with Gasteiger partial charge in [0.25, 0.3) is 5.91 Å². The molecule has 0 heterocycles. The van der Waals surface area contributed by atoms with Crippen molar-refractivity contribution in [3.05, 3.63) is 65.2 Å². The molecule has 5 nitrogen and oxygen atoms in total. The van der Waals surface area contributed by atoms with Crippen LogP contribution in [0.4, 0.5) is 0 Å². The highest BCUT2D eigenvalue weighted by Gasteiger charge is 2.14. The fourth-order valence-corrected chi connectivity index (χ4v) is 1.99. The number of rotatable bonds is 6. The SMILES string of the molecule is Cc1ccc(OC(C)C(=O)NCc2ccc(C(N)=O)cc2)cc1. The van der Waals surface area contributed by atoms with E-state index in [-0.39, 0.29) is 5.91 Å². The molecule has 0 bridgehead atoms. The molecule has 2 aromatic rings. The Labute approximate surface area is 135 Å². The molecule has 2 rings (SSSR count). The topological polar surface area (TPSA) is 81.4 Å². The molecular formula is C18H20N2O3. The standard InChI is InChI=1S/C18H20N2O3/c1-12-3-9-16(10-4-12)23-13(2)18(22)20-11-14-5-7-15(8-6-14)17(19)21/h3-10,13H,11H2,1-2H3,(H2,19,21)(H,20,22). The number of amides is 2. The third-order valence-electron chi connectivity index (χ3n) is 3.41. The molecule has 0 saturated heterocycles. The largest absolute Gasteiger partial charge is 0.481 e. The molecule has 0 aliphatic heterocycles. The lowest BCUT2D eigenvalue weighted by Gasteiger charge is -2.15. The van der Waals surface area contributed by atoms with E-state index in [0.29, 0.717) is 17.9 Å². The first kappa shape index (κ1) is 16.5. The molecule has 1 atom stereocenters. The molecule has 0 radical (unpaired) electrons. The van der Waals surface area contributed by atoms with E-state index in [1.165, 1.54) is 0 Å². The lowest BCUT2D eigenvalue weighted by atomic mass is 10.1. The summed E-state index contributed by atoms with van der Waals surface area (Å²) in [5.74, 6) is -0.0191. The van der Waals surface area contributed by atoms with Crippen molar-refractivity contribution in [3.63, 3.8) is 0 Å². The fraction of sp³-hybridized carbons (Fsp3) is 0.222. The van der Waals surface area contributed by atoms with Crippen LogP contribution in [0.3, 0.4) is 0 Å². The fourth-order valence-electron chi connectivity index (χ4n) is 1.99. The number of hydrogen-bond acceptors (Lipinski definition) is 3. The van der Waals surface area contributed by atoms with Crippen LogP contribution >= 0.6 is 0 Å². The summed E-state index contributed by atoms with van der Waals surface area (Å²) in [6.07, 6.45) is -0.595. The summed E-state index contributed by atoms with van der Waals surface area (Å²) in [6, 6.07) is 14.3. The van der Waals surface area contributed by atoms with Crippen LogP contribution in [-0.4, -0.2) is 17.9 Å². The van der Waals surface area contributed by atoms with Crippen molar-refractivity contribution < 1.29 is 14.3 Å². The van der Waals surface area contributed by atoms with E-state index >= 15 is 0 Å². The number of nitrogens with one attached hydrogen (secondary N) is 1. The molecule has 120 valence electrons. The number of hydrogen-bond donors (Lipinski definition) is 2. The van der Waals surface area contributed by atoms with Crippen LogP contribution in [0.5, 0.6) is 5.75 Å². The Balaban J connectivity index is 1.86. The second-order valence-electron chi connectivity index (χ2n) is 5.35. The van der Waals surface area contributed by atoms with Crippen LogP contribution in [0.1, 0.15) is 28.4 Å². The molecule has 0 saturated carbocycles. The van der Waals surface area contributed by atoms with Crippen molar-refractivity contribution >= 4 is 11.8 Å². The van der Waals surface area contributed by atoms with Crippen LogP contribution < -0.4 is 15.8 Å². The third-order valence-corrected chi connectivity index (χ3v) is 3.41. The van der Waals surface area contributed by atoms with Gasteiger partial charge >= 0.3 is 0 Å². The number of carbonyl (C=O) groups excluding carboxylic acids is 2. The first-order chi connectivity index (χ1) is 11.0. The Bertz CT molecular complexity index is 678. The maximum Gasteiger partial charge on any atom is 0.261 e. The zero-order chi connectivity index (χ0) is 16.8. The lowest BCUT2D eigenvalue weighted by Crippen LogP contribution is -2.35. The number of carbonyl (C=O) groups is 2. The van der Waals surface area contributed by atoms with Crippen molar-refractivity contribution in [3.8, 4) is 5.75 Å². The molecule has 0 aromatic heterocycles. The highest BCUT2D eigenvalue weighted by atomic mass is 16.5. The summed E-state index contributed by atoms with van der Waals surface area (Å²) in [6.45, 7) is 4.05. The van der Waals surface area contributed by atoms with Crippen LogP contribution in [0.2, 0.25) is 0 Å².